The number of rotatable bonds is 4. The minimum atomic E-state index is 0.312. The summed E-state index contributed by atoms with van der Waals surface area (Å²) in [4.78, 5) is 8.46. The highest BCUT2D eigenvalue weighted by molar-refractivity contribution is 5.39. The molecular formula is C14H20N4. The van der Waals surface area contributed by atoms with Crippen molar-refractivity contribution in [1.29, 1.82) is 0 Å². The van der Waals surface area contributed by atoms with Crippen molar-refractivity contribution in [2.24, 2.45) is 11.7 Å². The van der Waals surface area contributed by atoms with Crippen LogP contribution < -0.4 is 5.73 Å². The van der Waals surface area contributed by atoms with Gasteiger partial charge in [0.05, 0.1) is 18.2 Å². The molecule has 0 aliphatic rings. The maximum atomic E-state index is 5.89. The van der Waals surface area contributed by atoms with Gasteiger partial charge in [-0.2, -0.15) is 0 Å². The summed E-state index contributed by atoms with van der Waals surface area (Å²) in [5, 5.41) is 0. The highest BCUT2D eigenvalue weighted by atomic mass is 15.1. The topological polar surface area (TPSA) is 56.7 Å². The smallest absolute Gasteiger partial charge is 0.0994 e. The van der Waals surface area contributed by atoms with Crippen molar-refractivity contribution >= 4 is 0 Å². The molecule has 4 nitrogen and oxygen atoms in total. The second-order valence-corrected chi connectivity index (χ2v) is 4.94. The molecule has 1 unspecified atom stereocenters. The minimum absolute atomic E-state index is 0.312. The molecule has 2 heterocycles. The number of pyridine rings is 1. The molecule has 0 spiro atoms. The second-order valence-electron chi connectivity index (χ2n) is 4.94. The molecule has 2 N–H and O–H groups in total. The van der Waals surface area contributed by atoms with Crippen LogP contribution in [0.4, 0.5) is 0 Å². The fraction of sp³-hybridized carbons (Fsp3) is 0.429. The molecular weight excluding hydrogens is 224 g/mol. The number of nitrogens with zero attached hydrogens (tertiary/aromatic N) is 3. The van der Waals surface area contributed by atoms with Crippen LogP contribution in [0.2, 0.25) is 0 Å². The van der Waals surface area contributed by atoms with Crippen molar-refractivity contribution in [3.8, 4) is 5.69 Å². The Kier molecular flexibility index (Phi) is 3.77. The molecule has 0 saturated carbocycles. The fourth-order valence-electron chi connectivity index (χ4n) is 2.22. The zero-order valence-corrected chi connectivity index (χ0v) is 11.2. The first-order chi connectivity index (χ1) is 8.65. The summed E-state index contributed by atoms with van der Waals surface area (Å²) >= 11 is 0. The van der Waals surface area contributed by atoms with Crippen LogP contribution in [0.25, 0.3) is 5.69 Å². The summed E-state index contributed by atoms with van der Waals surface area (Å²) in [7, 11) is 0. The molecule has 0 aliphatic heterocycles. The molecule has 1 atom stereocenters. The van der Waals surface area contributed by atoms with E-state index in [1.165, 1.54) is 5.56 Å². The van der Waals surface area contributed by atoms with Crippen LogP contribution in [0.5, 0.6) is 0 Å². The maximum Gasteiger partial charge on any atom is 0.0994 e. The monoisotopic (exact) mass is 244 g/mol. The van der Waals surface area contributed by atoms with Gasteiger partial charge in [0.25, 0.3) is 0 Å². The number of nitrogens with two attached hydrogens (primary N) is 1. The molecule has 2 aromatic rings. The van der Waals surface area contributed by atoms with Crippen LogP contribution in [0.15, 0.2) is 31.0 Å². The van der Waals surface area contributed by atoms with Gasteiger partial charge in [-0.05, 0) is 24.5 Å². The molecule has 0 aromatic carbocycles. The first-order valence-corrected chi connectivity index (χ1v) is 6.28. The molecule has 18 heavy (non-hydrogen) atoms. The Morgan fingerprint density at radius 3 is 2.67 bits per heavy atom. The van der Waals surface area contributed by atoms with Crippen molar-refractivity contribution in [1.82, 2.24) is 14.5 Å². The van der Waals surface area contributed by atoms with Crippen molar-refractivity contribution < 1.29 is 0 Å². The van der Waals surface area contributed by atoms with E-state index in [0.29, 0.717) is 18.4 Å². The second kappa shape index (κ2) is 5.31. The maximum absolute atomic E-state index is 5.89. The lowest BCUT2D eigenvalue weighted by Crippen LogP contribution is -2.20. The van der Waals surface area contributed by atoms with Crippen LogP contribution in [0.3, 0.4) is 0 Å². The Hall–Kier alpha value is -1.68. The molecule has 0 saturated heterocycles. The summed E-state index contributed by atoms with van der Waals surface area (Å²) in [6.45, 7) is 7.08. The van der Waals surface area contributed by atoms with Crippen LogP contribution in [-0.4, -0.2) is 21.1 Å². The Balaban J connectivity index is 2.48. The third kappa shape index (κ3) is 2.29. The van der Waals surface area contributed by atoms with Gasteiger partial charge in [0.1, 0.15) is 0 Å². The van der Waals surface area contributed by atoms with Gasteiger partial charge in [-0.1, -0.05) is 13.8 Å². The number of aromatic nitrogens is 3. The zero-order chi connectivity index (χ0) is 13.1. The van der Waals surface area contributed by atoms with Gasteiger partial charge < -0.3 is 10.3 Å². The average Bonchev–Trinajstić information content (AvgIpc) is 2.79. The van der Waals surface area contributed by atoms with Crippen LogP contribution in [-0.2, 0) is 0 Å². The molecule has 96 valence electrons. The van der Waals surface area contributed by atoms with Gasteiger partial charge >= 0.3 is 0 Å². The molecule has 0 aliphatic carbocycles. The van der Waals surface area contributed by atoms with E-state index >= 15 is 0 Å². The highest BCUT2D eigenvalue weighted by Gasteiger charge is 2.19. The standard InChI is InChI=1S/C14H20N4/c1-10(2)12(6-15)14-8-17-9-18(14)13-7-16-5-4-11(13)3/h4-5,7-10,12H,6,15H2,1-3H3. The van der Waals surface area contributed by atoms with Gasteiger partial charge in [0, 0.05) is 30.6 Å². The Morgan fingerprint density at radius 1 is 1.28 bits per heavy atom. The lowest BCUT2D eigenvalue weighted by Gasteiger charge is -2.21. The summed E-state index contributed by atoms with van der Waals surface area (Å²) in [5.74, 6) is 0.800. The van der Waals surface area contributed by atoms with Crippen molar-refractivity contribution in [3.05, 3.63) is 42.2 Å². The van der Waals surface area contributed by atoms with Crippen molar-refractivity contribution in [3.63, 3.8) is 0 Å². The summed E-state index contributed by atoms with van der Waals surface area (Å²) in [5.41, 5.74) is 9.31. The van der Waals surface area contributed by atoms with Crippen LogP contribution in [0, 0.1) is 12.8 Å². The van der Waals surface area contributed by atoms with Gasteiger partial charge in [0.15, 0.2) is 0 Å². The predicted molar refractivity (Wildman–Crippen MR) is 72.7 cm³/mol. The van der Waals surface area contributed by atoms with Gasteiger partial charge in [-0.25, -0.2) is 4.98 Å². The SMILES string of the molecule is Cc1ccncc1-n1cncc1C(CN)C(C)C. The van der Waals surface area contributed by atoms with E-state index in [0.717, 1.165) is 11.4 Å². The Labute approximate surface area is 108 Å². The van der Waals surface area contributed by atoms with Gasteiger partial charge in [0.2, 0.25) is 0 Å². The molecule has 0 amide bonds. The number of hydrogen-bond donors (Lipinski definition) is 1. The summed E-state index contributed by atoms with van der Waals surface area (Å²) < 4.78 is 2.10. The highest BCUT2D eigenvalue weighted by Crippen LogP contribution is 2.26. The summed E-state index contributed by atoms with van der Waals surface area (Å²) in [6, 6.07) is 2.01. The van der Waals surface area contributed by atoms with E-state index in [2.05, 4.69) is 35.3 Å². The van der Waals surface area contributed by atoms with Gasteiger partial charge in [-0.3, -0.25) is 4.98 Å². The number of aryl methyl sites for hydroxylation is 1. The van der Waals surface area contributed by atoms with Gasteiger partial charge in [-0.15, -0.1) is 0 Å². The van der Waals surface area contributed by atoms with E-state index < -0.39 is 0 Å². The largest absolute Gasteiger partial charge is 0.330 e. The Bertz CT molecular complexity index is 516. The van der Waals surface area contributed by atoms with E-state index in [1.54, 1.807) is 6.20 Å². The van der Waals surface area contributed by atoms with Crippen molar-refractivity contribution in [2.45, 2.75) is 26.7 Å². The molecule has 2 rings (SSSR count). The normalized spacial score (nSPS) is 12.9. The van der Waals surface area contributed by atoms with E-state index in [1.807, 2.05) is 24.8 Å². The molecule has 0 radical (unpaired) electrons. The fourth-order valence-corrected chi connectivity index (χ4v) is 2.22. The zero-order valence-electron chi connectivity index (χ0n) is 11.2. The summed E-state index contributed by atoms with van der Waals surface area (Å²) in [6.07, 6.45) is 7.42. The average molecular weight is 244 g/mol. The molecule has 0 fully saturated rings. The first-order valence-electron chi connectivity index (χ1n) is 6.28. The lowest BCUT2D eigenvalue weighted by molar-refractivity contribution is 0.489. The first kappa shape index (κ1) is 12.8. The van der Waals surface area contributed by atoms with Crippen LogP contribution >= 0.6 is 0 Å². The number of hydrogen-bond acceptors (Lipinski definition) is 3. The van der Waals surface area contributed by atoms with Crippen molar-refractivity contribution in [2.75, 3.05) is 6.54 Å². The molecule has 2 aromatic heterocycles. The lowest BCUT2D eigenvalue weighted by atomic mass is 9.93. The van der Waals surface area contributed by atoms with E-state index in [-0.39, 0.29) is 0 Å². The predicted octanol–water partition coefficient (Wildman–Crippen LogP) is 2.27. The Morgan fingerprint density at radius 2 is 2.06 bits per heavy atom. The quantitative estimate of drug-likeness (QED) is 0.897. The third-order valence-electron chi connectivity index (χ3n) is 3.38. The van der Waals surface area contributed by atoms with E-state index in [9.17, 15) is 0 Å². The minimum Gasteiger partial charge on any atom is -0.330 e. The third-order valence-corrected chi connectivity index (χ3v) is 3.38. The molecule has 4 heteroatoms. The number of imidazole rings is 1. The van der Waals surface area contributed by atoms with Crippen LogP contribution in [0.1, 0.15) is 31.0 Å². The molecule has 0 bridgehead atoms. The van der Waals surface area contributed by atoms with E-state index in [4.69, 9.17) is 5.73 Å².